The van der Waals surface area contributed by atoms with Crippen molar-refractivity contribution in [2.75, 3.05) is 14.1 Å². The van der Waals surface area contributed by atoms with Gasteiger partial charge in [0.05, 0.1) is 11.6 Å². The van der Waals surface area contributed by atoms with Crippen LogP contribution in [0, 0.1) is 0 Å². The van der Waals surface area contributed by atoms with E-state index in [-0.39, 0.29) is 5.54 Å². The second-order valence-electron chi connectivity index (χ2n) is 6.57. The lowest BCUT2D eigenvalue weighted by atomic mass is 9.74. The smallest absolute Gasteiger partial charge is 0.0973 e. The van der Waals surface area contributed by atoms with Gasteiger partial charge < -0.3 is 10.0 Å². The molecule has 3 rings (SSSR count). The number of rotatable bonds is 3. The molecule has 0 radical (unpaired) electrons. The van der Waals surface area contributed by atoms with E-state index in [1.54, 1.807) is 0 Å². The van der Waals surface area contributed by atoms with Crippen LogP contribution in [0.2, 0.25) is 0 Å². The van der Waals surface area contributed by atoms with Gasteiger partial charge in [0.1, 0.15) is 0 Å². The van der Waals surface area contributed by atoms with E-state index < -0.39 is 6.10 Å². The largest absolute Gasteiger partial charge is 0.386 e. The van der Waals surface area contributed by atoms with E-state index in [1.165, 1.54) is 30.0 Å². The van der Waals surface area contributed by atoms with E-state index in [0.29, 0.717) is 0 Å². The molecule has 1 atom stereocenters. The molecule has 1 saturated carbocycles. The number of benzene rings is 2. The third kappa shape index (κ3) is 2.58. The van der Waals surface area contributed by atoms with Crippen LogP contribution in [0.5, 0.6) is 0 Å². The van der Waals surface area contributed by atoms with Crippen molar-refractivity contribution in [2.24, 2.45) is 0 Å². The monoisotopic (exact) mass is 283 g/mol. The summed E-state index contributed by atoms with van der Waals surface area (Å²) >= 11 is 0. The van der Waals surface area contributed by atoms with Gasteiger partial charge in [-0.1, -0.05) is 55.7 Å². The van der Waals surface area contributed by atoms with Gasteiger partial charge in [-0.2, -0.15) is 0 Å². The summed E-state index contributed by atoms with van der Waals surface area (Å²) in [5.74, 6) is 0. The Kier molecular flexibility index (Phi) is 4.01. The molecule has 1 aliphatic rings. The summed E-state index contributed by atoms with van der Waals surface area (Å²) in [6, 6.07) is 14.7. The number of aliphatic hydroxyl groups excluding tert-OH is 1. The molecule has 21 heavy (non-hydrogen) atoms. The van der Waals surface area contributed by atoms with Crippen molar-refractivity contribution in [3.63, 3.8) is 0 Å². The van der Waals surface area contributed by atoms with Crippen molar-refractivity contribution >= 4 is 10.8 Å². The first-order valence-corrected chi connectivity index (χ1v) is 7.98. The molecule has 2 aromatic rings. The molecular formula is C19H25NO. The zero-order valence-electron chi connectivity index (χ0n) is 13.0. The number of aliphatic hydroxyl groups is 1. The highest BCUT2D eigenvalue weighted by molar-refractivity contribution is 5.83. The van der Waals surface area contributed by atoms with Crippen LogP contribution >= 0.6 is 0 Å². The van der Waals surface area contributed by atoms with Gasteiger partial charge in [-0.05, 0) is 49.3 Å². The van der Waals surface area contributed by atoms with Crippen molar-refractivity contribution in [2.45, 2.75) is 43.7 Å². The first kappa shape index (κ1) is 14.6. The molecule has 1 N–H and O–H groups in total. The normalized spacial score (nSPS) is 19.8. The zero-order valence-corrected chi connectivity index (χ0v) is 13.0. The molecule has 2 nitrogen and oxygen atoms in total. The second kappa shape index (κ2) is 5.78. The summed E-state index contributed by atoms with van der Waals surface area (Å²) in [5, 5.41) is 13.5. The number of nitrogens with zero attached hydrogens (tertiary/aromatic N) is 1. The predicted molar refractivity (Wildman–Crippen MR) is 88.4 cm³/mol. The van der Waals surface area contributed by atoms with E-state index in [2.05, 4.69) is 61.5 Å². The Labute approximate surface area is 127 Å². The lowest BCUT2D eigenvalue weighted by Gasteiger charge is -2.46. The highest BCUT2D eigenvalue weighted by Gasteiger charge is 2.41. The van der Waals surface area contributed by atoms with Gasteiger partial charge in [0, 0.05) is 0 Å². The first-order valence-electron chi connectivity index (χ1n) is 7.98. The Balaban J connectivity index is 1.99. The molecule has 0 amide bonds. The fourth-order valence-electron chi connectivity index (χ4n) is 3.82. The molecule has 0 bridgehead atoms. The van der Waals surface area contributed by atoms with Gasteiger partial charge in [-0.15, -0.1) is 0 Å². The third-order valence-electron chi connectivity index (χ3n) is 5.21. The quantitative estimate of drug-likeness (QED) is 0.915. The molecule has 0 heterocycles. The van der Waals surface area contributed by atoms with Crippen LogP contribution in [0.1, 0.15) is 43.8 Å². The van der Waals surface area contributed by atoms with E-state index in [9.17, 15) is 5.11 Å². The molecule has 0 saturated heterocycles. The van der Waals surface area contributed by atoms with Gasteiger partial charge >= 0.3 is 0 Å². The Morgan fingerprint density at radius 3 is 2.29 bits per heavy atom. The molecule has 0 aromatic heterocycles. The van der Waals surface area contributed by atoms with Crippen LogP contribution in [0.3, 0.4) is 0 Å². The molecule has 0 spiro atoms. The Hall–Kier alpha value is -1.38. The molecule has 1 fully saturated rings. The van der Waals surface area contributed by atoms with Crippen molar-refractivity contribution in [3.05, 3.63) is 48.0 Å². The lowest BCUT2D eigenvalue weighted by Crippen LogP contribution is -2.50. The van der Waals surface area contributed by atoms with Crippen LogP contribution in [0.25, 0.3) is 10.8 Å². The van der Waals surface area contributed by atoms with Crippen LogP contribution in [0.4, 0.5) is 0 Å². The molecule has 0 aliphatic heterocycles. The summed E-state index contributed by atoms with van der Waals surface area (Å²) in [4.78, 5) is 2.24. The fourth-order valence-corrected chi connectivity index (χ4v) is 3.82. The van der Waals surface area contributed by atoms with Gasteiger partial charge in [-0.3, -0.25) is 0 Å². The predicted octanol–water partition coefficient (Wildman–Crippen LogP) is 4.14. The van der Waals surface area contributed by atoms with Crippen molar-refractivity contribution in [1.82, 2.24) is 4.90 Å². The Morgan fingerprint density at radius 1 is 0.952 bits per heavy atom. The average Bonchev–Trinajstić information content (AvgIpc) is 2.54. The Bertz CT molecular complexity index is 614. The van der Waals surface area contributed by atoms with Crippen LogP contribution in [0.15, 0.2) is 42.5 Å². The third-order valence-corrected chi connectivity index (χ3v) is 5.21. The maximum atomic E-state index is 11.1. The number of likely N-dealkylation sites (N-methyl/N-ethyl adjacent to an activating group) is 1. The van der Waals surface area contributed by atoms with Crippen LogP contribution < -0.4 is 0 Å². The van der Waals surface area contributed by atoms with Gasteiger partial charge in [0.25, 0.3) is 0 Å². The molecule has 2 heteroatoms. The highest BCUT2D eigenvalue weighted by Crippen LogP contribution is 2.42. The van der Waals surface area contributed by atoms with Gasteiger partial charge in [0.15, 0.2) is 0 Å². The Morgan fingerprint density at radius 2 is 1.62 bits per heavy atom. The average molecular weight is 283 g/mol. The maximum absolute atomic E-state index is 11.1. The molecule has 1 aliphatic carbocycles. The van der Waals surface area contributed by atoms with Crippen molar-refractivity contribution in [3.8, 4) is 0 Å². The molecular weight excluding hydrogens is 258 g/mol. The van der Waals surface area contributed by atoms with Crippen LogP contribution in [-0.2, 0) is 0 Å². The number of hydrogen-bond acceptors (Lipinski definition) is 2. The van der Waals surface area contributed by atoms with Gasteiger partial charge in [-0.25, -0.2) is 0 Å². The van der Waals surface area contributed by atoms with Gasteiger partial charge in [0.2, 0.25) is 0 Å². The SMILES string of the molecule is CN(C)C1(C(O)c2ccc3ccccc3c2)CCCCC1. The number of fused-ring (bicyclic) bond motifs is 1. The molecule has 1 unspecified atom stereocenters. The second-order valence-corrected chi connectivity index (χ2v) is 6.57. The summed E-state index contributed by atoms with van der Waals surface area (Å²) in [5.41, 5.74) is 0.935. The highest BCUT2D eigenvalue weighted by atomic mass is 16.3. The van der Waals surface area contributed by atoms with E-state index >= 15 is 0 Å². The zero-order chi connectivity index (χ0) is 14.9. The topological polar surface area (TPSA) is 23.5 Å². The standard InChI is InChI=1S/C19H25NO/c1-20(2)19(12-6-3-7-13-19)18(21)17-11-10-15-8-4-5-9-16(15)14-17/h4-5,8-11,14,18,21H,3,6-7,12-13H2,1-2H3. The summed E-state index contributed by atoms with van der Waals surface area (Å²) in [6.45, 7) is 0. The summed E-state index contributed by atoms with van der Waals surface area (Å²) in [6.07, 6.45) is 5.45. The van der Waals surface area contributed by atoms with E-state index in [0.717, 1.165) is 18.4 Å². The minimum Gasteiger partial charge on any atom is -0.386 e. The fraction of sp³-hybridized carbons (Fsp3) is 0.474. The first-order chi connectivity index (χ1) is 10.1. The molecule has 112 valence electrons. The van der Waals surface area contributed by atoms with E-state index in [4.69, 9.17) is 0 Å². The minimum atomic E-state index is -0.419. The van der Waals surface area contributed by atoms with Crippen LogP contribution in [-0.4, -0.2) is 29.6 Å². The maximum Gasteiger partial charge on any atom is 0.0973 e. The lowest BCUT2D eigenvalue weighted by molar-refractivity contribution is -0.0335. The number of hydrogen-bond donors (Lipinski definition) is 1. The van der Waals surface area contributed by atoms with Crippen molar-refractivity contribution < 1.29 is 5.11 Å². The summed E-state index contributed by atoms with van der Waals surface area (Å²) in [7, 11) is 4.21. The minimum absolute atomic E-state index is 0.110. The molecule has 2 aromatic carbocycles. The summed E-state index contributed by atoms with van der Waals surface area (Å²) < 4.78 is 0. The van der Waals surface area contributed by atoms with Crippen molar-refractivity contribution in [1.29, 1.82) is 0 Å². The van der Waals surface area contributed by atoms with E-state index in [1.807, 2.05) is 0 Å².